The van der Waals surface area contributed by atoms with Crippen LogP contribution >= 0.6 is 11.3 Å². The highest BCUT2D eigenvalue weighted by atomic mass is 32.1. The van der Waals surface area contributed by atoms with Crippen LogP contribution < -0.4 is 0 Å². The summed E-state index contributed by atoms with van der Waals surface area (Å²) in [5.41, 5.74) is 2.01. The van der Waals surface area contributed by atoms with E-state index in [0.29, 0.717) is 12.2 Å². The molecule has 0 saturated heterocycles. The quantitative estimate of drug-likeness (QED) is 0.720. The molecule has 0 radical (unpaired) electrons. The Kier molecular flexibility index (Phi) is 3.55. The molecule has 0 N–H and O–H groups in total. The zero-order valence-electron chi connectivity index (χ0n) is 12.3. The molecule has 0 fully saturated rings. The summed E-state index contributed by atoms with van der Waals surface area (Å²) in [6, 6.07) is 17.3. The summed E-state index contributed by atoms with van der Waals surface area (Å²) >= 11 is 1.64. The third kappa shape index (κ3) is 2.59. The molecule has 4 rings (SSSR count). The maximum atomic E-state index is 12.7. The SMILES string of the molecule is O=C(c1ccco1)N1N=C(c2cccs2)C[C@@H]1c1ccccc1. The number of hydrogen-bond acceptors (Lipinski definition) is 4. The van der Waals surface area contributed by atoms with Gasteiger partial charge >= 0.3 is 5.91 Å². The first-order chi connectivity index (χ1) is 11.3. The van der Waals surface area contributed by atoms with E-state index in [1.807, 2.05) is 47.8 Å². The summed E-state index contributed by atoms with van der Waals surface area (Å²) in [5.74, 6) is 0.0949. The van der Waals surface area contributed by atoms with Gasteiger partial charge in [0, 0.05) is 6.42 Å². The molecule has 1 aliphatic heterocycles. The second-order valence-corrected chi connectivity index (χ2v) is 6.23. The standard InChI is InChI=1S/C18H14N2O2S/c21-18(16-8-4-10-22-16)20-15(13-6-2-1-3-7-13)12-14(19-20)17-9-5-11-23-17/h1-11,15H,12H2/t15-/m1/s1. The summed E-state index contributed by atoms with van der Waals surface area (Å²) in [4.78, 5) is 13.8. The highest BCUT2D eigenvalue weighted by Gasteiger charge is 2.34. The van der Waals surface area contributed by atoms with Crippen molar-refractivity contribution in [1.29, 1.82) is 0 Å². The summed E-state index contributed by atoms with van der Waals surface area (Å²) in [5, 5.41) is 8.16. The molecule has 1 aromatic carbocycles. The normalized spacial score (nSPS) is 17.3. The minimum absolute atomic E-state index is 0.106. The molecule has 0 aliphatic carbocycles. The summed E-state index contributed by atoms with van der Waals surface area (Å²) in [6.45, 7) is 0. The van der Waals surface area contributed by atoms with Crippen LogP contribution in [0.5, 0.6) is 0 Å². The lowest BCUT2D eigenvalue weighted by atomic mass is 10.0. The minimum atomic E-state index is -0.213. The van der Waals surface area contributed by atoms with Gasteiger partial charge in [-0.15, -0.1) is 11.3 Å². The van der Waals surface area contributed by atoms with Gasteiger partial charge in [0.2, 0.25) is 0 Å². The number of hydrazone groups is 1. The van der Waals surface area contributed by atoms with Crippen molar-refractivity contribution in [3.05, 3.63) is 82.4 Å². The largest absolute Gasteiger partial charge is 0.459 e. The molecule has 3 heterocycles. The number of rotatable bonds is 3. The van der Waals surface area contributed by atoms with Gasteiger partial charge < -0.3 is 4.42 Å². The van der Waals surface area contributed by atoms with E-state index in [9.17, 15) is 4.79 Å². The van der Waals surface area contributed by atoms with E-state index in [4.69, 9.17) is 4.42 Å². The lowest BCUT2D eigenvalue weighted by Crippen LogP contribution is -2.26. The number of carbonyl (C=O) groups excluding carboxylic acids is 1. The van der Waals surface area contributed by atoms with Gasteiger partial charge in [-0.25, -0.2) is 5.01 Å². The van der Waals surface area contributed by atoms with Crippen molar-refractivity contribution in [2.24, 2.45) is 5.10 Å². The molecule has 23 heavy (non-hydrogen) atoms. The fourth-order valence-corrected chi connectivity index (χ4v) is 3.46. The van der Waals surface area contributed by atoms with E-state index < -0.39 is 0 Å². The second-order valence-electron chi connectivity index (χ2n) is 5.28. The van der Waals surface area contributed by atoms with Gasteiger partial charge in [-0.05, 0) is 29.1 Å². The molecule has 0 spiro atoms. The zero-order valence-corrected chi connectivity index (χ0v) is 13.1. The maximum Gasteiger partial charge on any atom is 0.310 e. The molecule has 2 aromatic heterocycles. The van der Waals surface area contributed by atoms with Crippen LogP contribution in [0.25, 0.3) is 0 Å². The number of nitrogens with zero attached hydrogens (tertiary/aromatic N) is 2. The molecular weight excluding hydrogens is 308 g/mol. The van der Waals surface area contributed by atoms with E-state index in [1.165, 1.54) is 6.26 Å². The van der Waals surface area contributed by atoms with Gasteiger partial charge in [0.25, 0.3) is 0 Å². The second kappa shape index (κ2) is 5.85. The molecular formula is C18H14N2O2S. The Morgan fingerprint density at radius 1 is 1.13 bits per heavy atom. The Balaban J connectivity index is 1.72. The highest BCUT2D eigenvalue weighted by molar-refractivity contribution is 7.12. The van der Waals surface area contributed by atoms with Crippen LogP contribution in [0.1, 0.15) is 33.5 Å². The monoisotopic (exact) mass is 322 g/mol. The molecule has 3 aromatic rings. The number of carbonyl (C=O) groups is 1. The third-order valence-corrected chi connectivity index (χ3v) is 4.76. The summed E-state index contributed by atoms with van der Waals surface area (Å²) in [7, 11) is 0. The van der Waals surface area contributed by atoms with Gasteiger partial charge in [0.05, 0.1) is 22.9 Å². The Morgan fingerprint density at radius 3 is 2.70 bits per heavy atom. The topological polar surface area (TPSA) is 45.8 Å². The van der Waals surface area contributed by atoms with Gasteiger partial charge in [0.15, 0.2) is 5.76 Å². The molecule has 5 heteroatoms. The predicted octanol–water partition coefficient (Wildman–Crippen LogP) is 4.33. The van der Waals surface area contributed by atoms with Crippen molar-refractivity contribution < 1.29 is 9.21 Å². The summed E-state index contributed by atoms with van der Waals surface area (Å²) in [6.07, 6.45) is 2.21. The molecule has 1 amide bonds. The van der Waals surface area contributed by atoms with Crippen LogP contribution in [-0.2, 0) is 0 Å². The smallest absolute Gasteiger partial charge is 0.310 e. The van der Waals surface area contributed by atoms with Crippen LogP contribution in [0.2, 0.25) is 0 Å². The molecule has 0 unspecified atom stereocenters. The van der Waals surface area contributed by atoms with Crippen molar-refractivity contribution in [3.63, 3.8) is 0 Å². The van der Waals surface area contributed by atoms with Crippen LogP contribution in [0.4, 0.5) is 0 Å². The molecule has 0 saturated carbocycles. The van der Waals surface area contributed by atoms with Crippen LogP contribution in [-0.4, -0.2) is 16.6 Å². The number of benzene rings is 1. The van der Waals surface area contributed by atoms with Crippen molar-refractivity contribution in [2.45, 2.75) is 12.5 Å². The van der Waals surface area contributed by atoms with E-state index in [1.54, 1.807) is 28.5 Å². The number of thiophene rings is 1. The highest BCUT2D eigenvalue weighted by Crippen LogP contribution is 2.34. The number of hydrogen-bond donors (Lipinski definition) is 0. The average Bonchev–Trinajstić information content (AvgIpc) is 3.35. The molecule has 4 nitrogen and oxygen atoms in total. The Bertz CT molecular complexity index is 823. The Morgan fingerprint density at radius 2 is 2.00 bits per heavy atom. The van der Waals surface area contributed by atoms with E-state index in [-0.39, 0.29) is 11.9 Å². The Labute approximate surface area is 137 Å². The van der Waals surface area contributed by atoms with Crippen LogP contribution in [0, 0.1) is 0 Å². The first-order valence-electron chi connectivity index (χ1n) is 7.36. The van der Waals surface area contributed by atoms with Gasteiger partial charge in [-0.1, -0.05) is 36.4 Å². The van der Waals surface area contributed by atoms with Crippen molar-refractivity contribution in [3.8, 4) is 0 Å². The van der Waals surface area contributed by atoms with E-state index in [2.05, 4.69) is 5.10 Å². The van der Waals surface area contributed by atoms with Gasteiger partial charge in [-0.3, -0.25) is 4.79 Å². The van der Waals surface area contributed by atoms with Crippen molar-refractivity contribution in [1.82, 2.24) is 5.01 Å². The van der Waals surface area contributed by atoms with Crippen LogP contribution in [0.3, 0.4) is 0 Å². The Hall–Kier alpha value is -2.66. The third-order valence-electron chi connectivity index (χ3n) is 3.84. The summed E-state index contributed by atoms with van der Waals surface area (Å²) < 4.78 is 5.26. The lowest BCUT2D eigenvalue weighted by Gasteiger charge is -2.20. The fourth-order valence-electron chi connectivity index (χ4n) is 2.74. The van der Waals surface area contributed by atoms with Gasteiger partial charge in [-0.2, -0.15) is 5.10 Å². The maximum absolute atomic E-state index is 12.7. The van der Waals surface area contributed by atoms with Gasteiger partial charge in [0.1, 0.15) is 0 Å². The molecule has 1 aliphatic rings. The average molecular weight is 322 g/mol. The predicted molar refractivity (Wildman–Crippen MR) is 89.5 cm³/mol. The number of amides is 1. The molecule has 1 atom stereocenters. The number of furan rings is 1. The van der Waals surface area contributed by atoms with Crippen LogP contribution in [0.15, 0.2) is 75.8 Å². The lowest BCUT2D eigenvalue weighted by molar-refractivity contribution is 0.0678. The first-order valence-corrected chi connectivity index (χ1v) is 8.24. The molecule has 114 valence electrons. The van der Waals surface area contributed by atoms with Crippen molar-refractivity contribution in [2.75, 3.05) is 0 Å². The first kappa shape index (κ1) is 14.0. The van der Waals surface area contributed by atoms with E-state index >= 15 is 0 Å². The zero-order chi connectivity index (χ0) is 15.6. The fraction of sp³-hybridized carbons (Fsp3) is 0.111. The minimum Gasteiger partial charge on any atom is -0.459 e. The van der Waals surface area contributed by atoms with E-state index in [0.717, 1.165) is 16.2 Å². The molecule has 0 bridgehead atoms. The van der Waals surface area contributed by atoms with Crippen molar-refractivity contribution >= 4 is 23.0 Å².